The molecule has 5 heteroatoms. The third kappa shape index (κ3) is 5.46. The van der Waals surface area contributed by atoms with Crippen molar-refractivity contribution < 1.29 is 14.7 Å². The zero-order valence-corrected chi connectivity index (χ0v) is 7.48. The van der Waals surface area contributed by atoms with Crippen LogP contribution in [0.5, 0.6) is 0 Å². The maximum absolute atomic E-state index is 11.0. The highest BCUT2D eigenvalue weighted by Gasteiger charge is 2.13. The molecule has 0 aliphatic carbocycles. The lowest BCUT2D eigenvalue weighted by atomic mass is 10.0. The Hall–Kier alpha value is -0.780. The van der Waals surface area contributed by atoms with E-state index in [0.717, 1.165) is 0 Å². The fraction of sp³-hybridized carbons (Fsp3) is 0.750. The normalized spacial score (nSPS) is 15.0. The molecule has 0 saturated heterocycles. The minimum atomic E-state index is -0.661. The van der Waals surface area contributed by atoms with E-state index in [-0.39, 0.29) is 18.7 Å². The zero-order valence-electron chi connectivity index (χ0n) is 7.48. The number of carbonyl (C=O) groups is 2. The van der Waals surface area contributed by atoms with Gasteiger partial charge >= 0.3 is 0 Å². The van der Waals surface area contributed by atoms with Gasteiger partial charge in [-0.25, -0.2) is 0 Å². The van der Waals surface area contributed by atoms with Gasteiger partial charge in [0.05, 0.1) is 18.6 Å². The van der Waals surface area contributed by atoms with Crippen LogP contribution >= 0.6 is 0 Å². The van der Waals surface area contributed by atoms with Crippen molar-refractivity contribution in [3.8, 4) is 0 Å². The van der Waals surface area contributed by atoms with Crippen molar-refractivity contribution >= 4 is 12.1 Å². The van der Waals surface area contributed by atoms with Crippen LogP contribution < -0.4 is 11.5 Å². The molecular formula is C8H16N2O3. The van der Waals surface area contributed by atoms with E-state index >= 15 is 0 Å². The summed E-state index contributed by atoms with van der Waals surface area (Å²) in [6.07, 6.45) is 0.518. The largest absolute Gasteiger partial charge is 0.392 e. The van der Waals surface area contributed by atoms with Crippen LogP contribution in [0.25, 0.3) is 0 Å². The van der Waals surface area contributed by atoms with Gasteiger partial charge in [0.15, 0.2) is 5.78 Å². The van der Waals surface area contributed by atoms with E-state index in [0.29, 0.717) is 19.1 Å². The molecule has 0 heterocycles. The summed E-state index contributed by atoms with van der Waals surface area (Å²) < 4.78 is 0. The predicted molar refractivity (Wildman–Crippen MR) is 48.0 cm³/mol. The highest BCUT2D eigenvalue weighted by Crippen LogP contribution is 2.01. The van der Waals surface area contributed by atoms with Crippen molar-refractivity contribution in [3.05, 3.63) is 0 Å². The molecular weight excluding hydrogens is 172 g/mol. The summed E-state index contributed by atoms with van der Waals surface area (Å²) in [7, 11) is 0. The van der Waals surface area contributed by atoms with Crippen LogP contribution in [0.1, 0.15) is 19.3 Å². The smallest absolute Gasteiger partial charge is 0.156 e. The first-order valence-electron chi connectivity index (χ1n) is 4.21. The van der Waals surface area contributed by atoms with Crippen LogP contribution in [-0.2, 0) is 9.59 Å². The summed E-state index contributed by atoms with van der Waals surface area (Å²) in [6.45, 7) is 0.161. The van der Waals surface area contributed by atoms with E-state index in [4.69, 9.17) is 16.6 Å². The second kappa shape index (κ2) is 6.71. The molecule has 13 heavy (non-hydrogen) atoms. The molecule has 0 spiro atoms. The Bertz CT molecular complexity index is 173. The Morgan fingerprint density at radius 3 is 2.54 bits per heavy atom. The average Bonchev–Trinajstić information content (AvgIpc) is 2.13. The van der Waals surface area contributed by atoms with Crippen LogP contribution in [0.4, 0.5) is 0 Å². The van der Waals surface area contributed by atoms with Gasteiger partial charge in [-0.15, -0.1) is 0 Å². The third-order valence-corrected chi connectivity index (χ3v) is 1.78. The fourth-order valence-electron chi connectivity index (χ4n) is 0.884. The SMILES string of the molecule is NCC(O)CC[C@H](N)C(=O)CC=O. The van der Waals surface area contributed by atoms with Crippen molar-refractivity contribution in [2.45, 2.75) is 31.4 Å². The maximum Gasteiger partial charge on any atom is 0.156 e. The summed E-state index contributed by atoms with van der Waals surface area (Å²) in [6, 6.07) is -0.661. The van der Waals surface area contributed by atoms with Crippen molar-refractivity contribution in [1.82, 2.24) is 0 Å². The molecule has 5 nitrogen and oxygen atoms in total. The first-order valence-corrected chi connectivity index (χ1v) is 4.21. The number of Topliss-reactive ketones (excluding diaryl/α,β-unsaturated/α-hetero) is 1. The van der Waals surface area contributed by atoms with Crippen molar-refractivity contribution in [2.24, 2.45) is 11.5 Å². The predicted octanol–water partition coefficient (Wildman–Crippen LogP) is -1.43. The molecule has 0 aromatic carbocycles. The molecule has 2 atom stereocenters. The first kappa shape index (κ1) is 12.2. The highest BCUT2D eigenvalue weighted by atomic mass is 16.3. The molecule has 0 bridgehead atoms. The molecule has 0 saturated carbocycles. The van der Waals surface area contributed by atoms with Gasteiger partial charge in [0.25, 0.3) is 0 Å². The van der Waals surface area contributed by atoms with Crippen LogP contribution in [0, 0.1) is 0 Å². The Kier molecular flexibility index (Phi) is 6.30. The van der Waals surface area contributed by atoms with E-state index in [2.05, 4.69) is 0 Å². The fourth-order valence-corrected chi connectivity index (χ4v) is 0.884. The summed E-state index contributed by atoms with van der Waals surface area (Å²) in [4.78, 5) is 20.9. The maximum atomic E-state index is 11.0. The van der Waals surface area contributed by atoms with Crippen LogP contribution in [0.2, 0.25) is 0 Å². The topological polar surface area (TPSA) is 106 Å². The molecule has 0 amide bonds. The average molecular weight is 188 g/mol. The number of hydrogen-bond acceptors (Lipinski definition) is 5. The molecule has 76 valence electrons. The number of aliphatic hydroxyl groups is 1. The van der Waals surface area contributed by atoms with Gasteiger partial charge in [0.1, 0.15) is 6.29 Å². The highest BCUT2D eigenvalue weighted by molar-refractivity contribution is 5.93. The third-order valence-electron chi connectivity index (χ3n) is 1.78. The second-order valence-corrected chi connectivity index (χ2v) is 2.91. The Morgan fingerprint density at radius 2 is 2.08 bits per heavy atom. The molecule has 0 aliphatic heterocycles. The minimum absolute atomic E-state index is 0.153. The van der Waals surface area contributed by atoms with E-state index in [1.807, 2.05) is 0 Å². The summed E-state index contributed by atoms with van der Waals surface area (Å²) >= 11 is 0. The van der Waals surface area contributed by atoms with Crippen molar-refractivity contribution in [1.29, 1.82) is 0 Å². The summed E-state index contributed by atoms with van der Waals surface area (Å²) in [5.74, 6) is -0.292. The van der Waals surface area contributed by atoms with E-state index in [9.17, 15) is 9.59 Å². The monoisotopic (exact) mass is 188 g/mol. The number of nitrogens with two attached hydrogens (primary N) is 2. The lowest BCUT2D eigenvalue weighted by Gasteiger charge is -2.11. The van der Waals surface area contributed by atoms with Gasteiger partial charge in [-0.1, -0.05) is 0 Å². The minimum Gasteiger partial charge on any atom is -0.392 e. The van der Waals surface area contributed by atoms with Crippen LogP contribution in [-0.4, -0.2) is 35.9 Å². The quantitative estimate of drug-likeness (QED) is 0.335. The van der Waals surface area contributed by atoms with Gasteiger partial charge in [0.2, 0.25) is 0 Å². The summed E-state index contributed by atoms with van der Waals surface area (Å²) in [5, 5.41) is 9.06. The molecule has 0 aromatic rings. The summed E-state index contributed by atoms with van der Waals surface area (Å²) in [5.41, 5.74) is 10.6. The van der Waals surface area contributed by atoms with E-state index in [1.54, 1.807) is 0 Å². The molecule has 0 fully saturated rings. The van der Waals surface area contributed by atoms with E-state index in [1.165, 1.54) is 0 Å². The van der Waals surface area contributed by atoms with Gasteiger partial charge in [-0.2, -0.15) is 0 Å². The first-order chi connectivity index (χ1) is 6.11. The number of aldehydes is 1. The standard InChI is InChI=1S/C8H16N2O3/c9-5-6(12)1-2-7(10)8(13)3-4-11/h4,6-7,12H,1-3,5,9-10H2/t6?,7-/m0/s1. The van der Waals surface area contributed by atoms with Gasteiger partial charge < -0.3 is 21.4 Å². The Morgan fingerprint density at radius 1 is 1.46 bits per heavy atom. The second-order valence-electron chi connectivity index (χ2n) is 2.91. The number of aliphatic hydroxyl groups excluding tert-OH is 1. The lowest BCUT2D eigenvalue weighted by Crippen LogP contribution is -2.32. The van der Waals surface area contributed by atoms with Crippen LogP contribution in [0.15, 0.2) is 0 Å². The number of ketones is 1. The zero-order chi connectivity index (χ0) is 10.3. The molecule has 5 N–H and O–H groups in total. The molecule has 0 radical (unpaired) electrons. The number of rotatable bonds is 7. The Labute approximate surface area is 77.1 Å². The van der Waals surface area contributed by atoms with Gasteiger partial charge in [-0.3, -0.25) is 4.79 Å². The van der Waals surface area contributed by atoms with Crippen LogP contribution in [0.3, 0.4) is 0 Å². The van der Waals surface area contributed by atoms with Crippen molar-refractivity contribution in [2.75, 3.05) is 6.54 Å². The Balaban J connectivity index is 3.66. The van der Waals surface area contributed by atoms with E-state index < -0.39 is 12.1 Å². The molecule has 1 unspecified atom stereocenters. The number of hydrogen-bond donors (Lipinski definition) is 3. The van der Waals surface area contributed by atoms with Crippen molar-refractivity contribution in [3.63, 3.8) is 0 Å². The van der Waals surface area contributed by atoms with Gasteiger partial charge in [0, 0.05) is 6.54 Å². The number of carbonyl (C=O) groups excluding carboxylic acids is 2. The molecule has 0 aliphatic rings. The molecule has 0 rings (SSSR count). The van der Waals surface area contributed by atoms with Gasteiger partial charge in [-0.05, 0) is 12.8 Å². The lowest BCUT2D eigenvalue weighted by molar-refractivity contribution is -0.123. The molecule has 0 aromatic heterocycles.